The Morgan fingerprint density at radius 3 is 2.32 bits per heavy atom. The fourth-order valence-corrected chi connectivity index (χ4v) is 6.18. The second kappa shape index (κ2) is 12.2. The summed E-state index contributed by atoms with van der Waals surface area (Å²) in [6, 6.07) is 0. The largest absolute Gasteiger partial charge is 0.756 e. The van der Waals surface area contributed by atoms with Crippen LogP contribution in [0.15, 0.2) is 11.7 Å². The fourth-order valence-electron chi connectivity index (χ4n) is 2.22. The number of anilines is 1. The molecule has 3 atom stereocenters. The minimum atomic E-state index is -5.68. The van der Waals surface area contributed by atoms with Crippen LogP contribution in [0.5, 0.6) is 0 Å². The first-order valence-electron chi connectivity index (χ1n) is 8.55. The summed E-state index contributed by atoms with van der Waals surface area (Å²) in [7, 11) is -16.4. The zero-order valence-corrected chi connectivity index (χ0v) is 20.9. The molecule has 0 aliphatic rings. The van der Waals surface area contributed by atoms with E-state index in [4.69, 9.17) is 30.8 Å². The first-order chi connectivity index (χ1) is 15.4. The average molecular weight is 567 g/mol. The van der Waals surface area contributed by atoms with Gasteiger partial charge in [0.15, 0.2) is 12.2 Å². The summed E-state index contributed by atoms with van der Waals surface area (Å²) in [5.74, 6) is 0.900. The lowest BCUT2D eigenvalue weighted by Crippen LogP contribution is -2.35. The Balaban J connectivity index is 0.00000133. The Morgan fingerprint density at radius 1 is 1.21 bits per heavy atom. The van der Waals surface area contributed by atoms with E-state index in [1.165, 1.54) is 11.3 Å². The maximum atomic E-state index is 11.7. The van der Waals surface area contributed by atoms with Crippen molar-refractivity contribution in [1.82, 2.24) is 9.97 Å². The van der Waals surface area contributed by atoms with Crippen molar-refractivity contribution in [1.29, 1.82) is 0 Å². The van der Waals surface area contributed by atoms with E-state index in [9.17, 15) is 23.5 Å². The SMILES string of the molecule is Cc1ncc(C[n+]2csc(CCOP(=O)(O)OP(=O)(O)OP(=O)([O-])O)c2C)c(N)n1.O=[N+]([O-])O. The van der Waals surface area contributed by atoms with Crippen molar-refractivity contribution in [3.05, 3.63) is 43.8 Å². The summed E-state index contributed by atoms with van der Waals surface area (Å²) < 4.78 is 47.0. The van der Waals surface area contributed by atoms with Crippen LogP contribution in [0.3, 0.4) is 0 Å². The van der Waals surface area contributed by atoms with E-state index in [1.807, 2.05) is 4.57 Å². The maximum Gasteiger partial charge on any atom is 0.487 e. The van der Waals surface area contributed by atoms with Crippen molar-refractivity contribution in [3.63, 3.8) is 0 Å². The van der Waals surface area contributed by atoms with Gasteiger partial charge in [-0.1, -0.05) is 11.3 Å². The Morgan fingerprint density at radius 2 is 1.79 bits per heavy atom. The lowest BCUT2D eigenvalue weighted by Gasteiger charge is -2.20. The zero-order valence-electron chi connectivity index (χ0n) is 17.4. The molecule has 2 aromatic rings. The van der Waals surface area contributed by atoms with Crippen LogP contribution in [0.1, 0.15) is 22.0 Å². The summed E-state index contributed by atoms with van der Waals surface area (Å²) >= 11 is 1.33. The first-order valence-corrected chi connectivity index (χ1v) is 13.9. The highest BCUT2D eigenvalue weighted by Crippen LogP contribution is 2.65. The van der Waals surface area contributed by atoms with Crippen molar-refractivity contribution < 1.29 is 61.3 Å². The van der Waals surface area contributed by atoms with Gasteiger partial charge in [0.05, 0.1) is 17.0 Å². The molecule has 22 heteroatoms. The van der Waals surface area contributed by atoms with Gasteiger partial charge < -0.3 is 30.5 Å². The number of hydrogen-bond acceptors (Lipinski definition) is 13. The molecule has 18 nitrogen and oxygen atoms in total. The van der Waals surface area contributed by atoms with Crippen molar-refractivity contribution in [2.24, 2.45) is 0 Å². The van der Waals surface area contributed by atoms with Crippen LogP contribution < -0.4 is 15.2 Å². The molecule has 0 aromatic carbocycles. The number of nitrogen functional groups attached to an aromatic ring is 1. The van der Waals surface area contributed by atoms with Gasteiger partial charge in [0.25, 0.3) is 12.9 Å². The molecule has 0 saturated heterocycles. The molecule has 192 valence electrons. The highest BCUT2D eigenvalue weighted by atomic mass is 32.1. The molecule has 0 amide bonds. The van der Waals surface area contributed by atoms with Gasteiger partial charge in [0, 0.05) is 19.5 Å². The Bertz CT molecular complexity index is 1150. The van der Waals surface area contributed by atoms with Crippen molar-refractivity contribution in [3.8, 4) is 0 Å². The molecular formula is C12H20N5O13P3S. The fraction of sp³-hybridized carbons (Fsp3) is 0.417. The zero-order chi connectivity index (χ0) is 26.3. The highest BCUT2D eigenvalue weighted by molar-refractivity contribution is 7.66. The van der Waals surface area contributed by atoms with Crippen LogP contribution >= 0.6 is 34.8 Å². The average Bonchev–Trinajstić information content (AvgIpc) is 2.93. The minimum Gasteiger partial charge on any atom is -0.756 e. The first kappa shape index (κ1) is 30.2. The van der Waals surface area contributed by atoms with Crippen LogP contribution in [-0.2, 0) is 39.8 Å². The van der Waals surface area contributed by atoms with Crippen LogP contribution in [0.25, 0.3) is 0 Å². The summed E-state index contributed by atoms with van der Waals surface area (Å²) in [5.41, 5.74) is 9.19. The quantitative estimate of drug-likeness (QED) is 0.109. The number of nitrogens with two attached hydrogens (primary N) is 1. The van der Waals surface area contributed by atoms with Gasteiger partial charge in [-0.2, -0.15) is 8.88 Å². The standard InChI is InChI=1S/C12H19N4O10P3S.HNO3/c1-8-11(30-7-16(8)6-10-5-14-9(2)15-12(10)13)3-4-24-28(20,21)26-29(22,23)25-27(17,18)19;2-1(3)4/h5,7H,3-4,6H2,1-2H3,(H5-,13,14,15,17,18,19,20,21,22,23);(H,2,3,4). The summed E-state index contributed by atoms with van der Waals surface area (Å²) in [5, 5.41) is 13.6. The Hall–Kier alpha value is -1.88. The number of thiazole rings is 1. The topological polar surface area (TPSA) is 282 Å². The van der Waals surface area contributed by atoms with E-state index in [2.05, 4.69) is 23.1 Å². The predicted molar refractivity (Wildman–Crippen MR) is 110 cm³/mol. The van der Waals surface area contributed by atoms with E-state index >= 15 is 0 Å². The molecular weight excluding hydrogens is 547 g/mol. The molecule has 2 rings (SSSR count). The monoisotopic (exact) mass is 567 g/mol. The van der Waals surface area contributed by atoms with E-state index in [0.717, 1.165) is 10.6 Å². The minimum absolute atomic E-state index is 0.133. The van der Waals surface area contributed by atoms with Crippen molar-refractivity contribution in [2.75, 3.05) is 12.3 Å². The van der Waals surface area contributed by atoms with Crippen molar-refractivity contribution >= 4 is 40.6 Å². The highest BCUT2D eigenvalue weighted by Gasteiger charge is 2.38. The third-order valence-corrected chi connectivity index (χ3v) is 8.47. The van der Waals surface area contributed by atoms with Gasteiger partial charge in [-0.15, -0.1) is 10.1 Å². The van der Waals surface area contributed by atoms with Gasteiger partial charge >= 0.3 is 15.6 Å². The predicted octanol–water partition coefficient (Wildman–Crippen LogP) is -0.0210. The summed E-state index contributed by atoms with van der Waals surface area (Å²) in [4.78, 5) is 54.7. The third-order valence-electron chi connectivity index (χ3n) is 3.51. The molecule has 2 aromatic heterocycles. The normalized spacial score (nSPS) is 16.4. The van der Waals surface area contributed by atoms with E-state index in [-0.39, 0.29) is 6.42 Å². The number of rotatable bonds is 10. The lowest BCUT2D eigenvalue weighted by atomic mass is 10.2. The Kier molecular flexibility index (Phi) is 10.8. The third kappa shape index (κ3) is 11.5. The molecule has 0 radical (unpaired) electrons. The van der Waals surface area contributed by atoms with Crippen LogP contribution in [0.4, 0.5) is 5.82 Å². The number of nitrogens with zero attached hydrogens (tertiary/aromatic N) is 4. The van der Waals surface area contributed by atoms with E-state index < -0.39 is 35.2 Å². The maximum absolute atomic E-state index is 11.7. The lowest BCUT2D eigenvalue weighted by molar-refractivity contribution is -0.742. The van der Waals surface area contributed by atoms with E-state index in [1.54, 1.807) is 25.6 Å². The second-order valence-electron chi connectivity index (χ2n) is 6.08. The van der Waals surface area contributed by atoms with Gasteiger partial charge in [-0.05, 0) is 6.92 Å². The summed E-state index contributed by atoms with van der Waals surface area (Å²) in [6.45, 7) is 3.52. The van der Waals surface area contributed by atoms with Gasteiger partial charge in [0.2, 0.25) is 5.51 Å². The van der Waals surface area contributed by atoms with Gasteiger partial charge in [-0.3, -0.25) is 9.09 Å². The molecule has 6 N–H and O–H groups in total. The molecule has 3 unspecified atom stereocenters. The van der Waals surface area contributed by atoms with Gasteiger partial charge in [0.1, 0.15) is 11.6 Å². The molecule has 0 saturated carbocycles. The second-order valence-corrected chi connectivity index (χ2v) is 11.4. The Labute approximate surface area is 195 Å². The number of aryl methyl sites for hydroxylation is 1. The number of aromatic nitrogens is 3. The smallest absolute Gasteiger partial charge is 0.487 e. The van der Waals surface area contributed by atoms with Crippen LogP contribution in [-0.4, -0.2) is 41.5 Å². The molecule has 2 heterocycles. The van der Waals surface area contributed by atoms with Crippen molar-refractivity contribution in [2.45, 2.75) is 26.8 Å². The molecule has 0 aliphatic heterocycles. The molecule has 0 aliphatic carbocycles. The number of hydrogen-bond donors (Lipinski definition) is 5. The van der Waals surface area contributed by atoms with E-state index in [0.29, 0.717) is 23.8 Å². The molecule has 34 heavy (non-hydrogen) atoms. The van der Waals surface area contributed by atoms with Crippen LogP contribution in [0.2, 0.25) is 0 Å². The molecule has 0 fully saturated rings. The molecule has 0 spiro atoms. The summed E-state index contributed by atoms with van der Waals surface area (Å²) in [6.07, 6.45) is 1.75. The van der Waals surface area contributed by atoms with Gasteiger partial charge in [-0.25, -0.2) is 23.4 Å². The number of phosphoric ester groups is 1. The van der Waals surface area contributed by atoms with Crippen LogP contribution in [0, 0.1) is 24.0 Å². The molecule has 0 bridgehead atoms. The number of phosphoric acid groups is 3.